The monoisotopic (exact) mass is 233 g/mol. The highest BCUT2D eigenvalue weighted by Crippen LogP contribution is 2.06. The lowest BCUT2D eigenvalue weighted by Gasteiger charge is -2.10. The minimum Gasteiger partial charge on any atom is -0.665 e. The second kappa shape index (κ2) is 7.85. The molecule has 1 aromatic rings. The van der Waals surface area contributed by atoms with Gasteiger partial charge in [-0.15, -0.1) is 6.54 Å². The summed E-state index contributed by atoms with van der Waals surface area (Å²) in [5.41, 5.74) is 1.96. The van der Waals surface area contributed by atoms with Gasteiger partial charge in [-0.25, -0.2) is 0 Å². The Morgan fingerprint density at radius 1 is 1.29 bits per heavy atom. The van der Waals surface area contributed by atoms with Gasteiger partial charge in [-0.2, -0.15) is 7.05 Å². The topological polar surface area (TPSA) is 43.2 Å². The molecule has 0 saturated carbocycles. The van der Waals surface area contributed by atoms with Gasteiger partial charge in [0.1, 0.15) is 0 Å². The lowest BCUT2D eigenvalue weighted by Crippen LogP contribution is -2.24. The zero-order valence-corrected chi connectivity index (χ0v) is 10.7. The maximum Gasteiger partial charge on any atom is 0.251 e. The molecule has 0 aliphatic heterocycles. The number of amides is 1. The molecule has 0 aromatic heterocycles. The molecule has 0 heterocycles. The smallest absolute Gasteiger partial charge is 0.251 e. The molecule has 0 bridgehead atoms. The number of likely N-dealkylation sites (N-methyl/N-ethyl adjacent to an activating group) is 1. The van der Waals surface area contributed by atoms with Gasteiger partial charge in [0.05, 0.1) is 0 Å². The summed E-state index contributed by atoms with van der Waals surface area (Å²) in [6.07, 6.45) is 3.07. The van der Waals surface area contributed by atoms with E-state index in [0.29, 0.717) is 0 Å². The van der Waals surface area contributed by atoms with Crippen LogP contribution < -0.4 is 5.32 Å². The van der Waals surface area contributed by atoms with Gasteiger partial charge in [-0.3, -0.25) is 4.79 Å². The first kappa shape index (κ1) is 13.7. The Labute approximate surface area is 104 Å². The molecule has 0 fully saturated rings. The molecule has 0 atom stereocenters. The summed E-state index contributed by atoms with van der Waals surface area (Å²) < 4.78 is 0. The Kier molecular flexibility index (Phi) is 6.33. The van der Waals surface area contributed by atoms with Crippen molar-refractivity contribution in [2.45, 2.75) is 26.2 Å². The lowest BCUT2D eigenvalue weighted by molar-refractivity contribution is 0.0953. The largest absolute Gasteiger partial charge is 0.665 e. The van der Waals surface area contributed by atoms with Gasteiger partial charge in [-0.05, 0) is 30.5 Å². The van der Waals surface area contributed by atoms with E-state index in [-0.39, 0.29) is 5.91 Å². The molecule has 0 aliphatic carbocycles. The molecule has 1 rings (SSSR count). The van der Waals surface area contributed by atoms with E-state index in [4.69, 9.17) is 0 Å². The number of carbonyl (C=O) groups is 1. The predicted molar refractivity (Wildman–Crippen MR) is 71.5 cm³/mol. The van der Waals surface area contributed by atoms with Gasteiger partial charge >= 0.3 is 0 Å². The Morgan fingerprint density at radius 3 is 2.59 bits per heavy atom. The minimum absolute atomic E-state index is 0.0187. The van der Waals surface area contributed by atoms with Crippen molar-refractivity contribution < 1.29 is 4.79 Å². The summed E-state index contributed by atoms with van der Waals surface area (Å²) in [5, 5.41) is 6.96. The first-order chi connectivity index (χ1) is 8.27. The van der Waals surface area contributed by atoms with Crippen LogP contribution in [-0.2, 0) is 6.42 Å². The maximum atomic E-state index is 11.7. The van der Waals surface area contributed by atoms with Crippen molar-refractivity contribution in [1.29, 1.82) is 0 Å². The van der Waals surface area contributed by atoms with Gasteiger partial charge in [0.2, 0.25) is 0 Å². The number of benzene rings is 1. The molecule has 3 heteroatoms. The fourth-order valence-electron chi connectivity index (χ4n) is 1.54. The first-order valence-electron chi connectivity index (χ1n) is 6.20. The van der Waals surface area contributed by atoms with Crippen LogP contribution in [-0.4, -0.2) is 26.0 Å². The van der Waals surface area contributed by atoms with Gasteiger partial charge in [0.15, 0.2) is 0 Å². The van der Waals surface area contributed by atoms with E-state index in [0.717, 1.165) is 37.9 Å². The van der Waals surface area contributed by atoms with Crippen LogP contribution in [0.25, 0.3) is 5.32 Å². The Bertz CT molecular complexity index is 333. The second-order valence-corrected chi connectivity index (χ2v) is 4.10. The summed E-state index contributed by atoms with van der Waals surface area (Å²) in [4.78, 5) is 11.7. The van der Waals surface area contributed by atoms with E-state index in [9.17, 15) is 4.79 Å². The molecular weight excluding hydrogens is 212 g/mol. The van der Waals surface area contributed by atoms with E-state index in [1.807, 2.05) is 31.3 Å². The molecule has 0 spiro atoms. The molecule has 1 N–H and O–H groups in total. The number of rotatable bonds is 7. The van der Waals surface area contributed by atoms with E-state index < -0.39 is 0 Å². The molecule has 1 aromatic carbocycles. The number of hydrogen-bond donors (Lipinski definition) is 1. The van der Waals surface area contributed by atoms with Crippen LogP contribution in [0.5, 0.6) is 0 Å². The number of nitrogens with one attached hydrogen (secondary N) is 1. The number of hydrogen-bond acceptors (Lipinski definition) is 1. The molecule has 1 amide bonds. The van der Waals surface area contributed by atoms with Crippen molar-refractivity contribution in [2.75, 3.05) is 20.1 Å². The van der Waals surface area contributed by atoms with Crippen LogP contribution in [0.4, 0.5) is 0 Å². The summed E-state index contributed by atoms with van der Waals surface area (Å²) in [7, 11) is 1.82. The summed E-state index contributed by atoms with van der Waals surface area (Å²) >= 11 is 0. The van der Waals surface area contributed by atoms with Crippen LogP contribution in [0.1, 0.15) is 35.7 Å². The maximum absolute atomic E-state index is 11.7. The predicted octanol–water partition coefficient (Wildman–Crippen LogP) is 2.76. The van der Waals surface area contributed by atoms with Crippen molar-refractivity contribution >= 4 is 5.91 Å². The van der Waals surface area contributed by atoms with Gasteiger partial charge in [-0.1, -0.05) is 25.5 Å². The third-order valence-electron chi connectivity index (χ3n) is 2.66. The highest BCUT2D eigenvalue weighted by molar-refractivity contribution is 5.94. The molecule has 3 nitrogen and oxygen atoms in total. The van der Waals surface area contributed by atoms with Crippen molar-refractivity contribution in [1.82, 2.24) is 5.32 Å². The van der Waals surface area contributed by atoms with Crippen molar-refractivity contribution in [3.63, 3.8) is 0 Å². The quantitative estimate of drug-likeness (QED) is 0.723. The van der Waals surface area contributed by atoms with Crippen molar-refractivity contribution in [3.05, 3.63) is 40.7 Å². The molecule has 0 radical (unpaired) electrons. The molecular formula is C14H21N2O-. The average Bonchev–Trinajstić information content (AvgIpc) is 2.37. The molecule has 0 saturated heterocycles. The second-order valence-electron chi connectivity index (χ2n) is 4.10. The average molecular weight is 233 g/mol. The van der Waals surface area contributed by atoms with Crippen LogP contribution >= 0.6 is 0 Å². The van der Waals surface area contributed by atoms with Gasteiger partial charge in [0, 0.05) is 12.1 Å². The Morgan fingerprint density at radius 2 is 2.00 bits per heavy atom. The fraction of sp³-hybridized carbons (Fsp3) is 0.500. The fourth-order valence-corrected chi connectivity index (χ4v) is 1.54. The number of carbonyl (C=O) groups excluding carboxylic acids is 1. The molecule has 17 heavy (non-hydrogen) atoms. The van der Waals surface area contributed by atoms with E-state index >= 15 is 0 Å². The van der Waals surface area contributed by atoms with Crippen LogP contribution in [0.15, 0.2) is 24.3 Å². The van der Waals surface area contributed by atoms with Crippen molar-refractivity contribution in [2.24, 2.45) is 0 Å². The Balaban J connectivity index is 2.46. The van der Waals surface area contributed by atoms with Crippen LogP contribution in [0.2, 0.25) is 0 Å². The van der Waals surface area contributed by atoms with Gasteiger partial charge < -0.3 is 10.6 Å². The molecule has 94 valence electrons. The SMILES string of the molecule is CCCCNC(=O)c1ccc(CC[N-]C)cc1. The first-order valence-corrected chi connectivity index (χ1v) is 6.20. The minimum atomic E-state index is 0.0187. The summed E-state index contributed by atoms with van der Waals surface area (Å²) in [6.45, 7) is 3.70. The summed E-state index contributed by atoms with van der Waals surface area (Å²) in [6, 6.07) is 7.76. The summed E-state index contributed by atoms with van der Waals surface area (Å²) in [5.74, 6) is 0.0187. The third-order valence-corrected chi connectivity index (χ3v) is 2.66. The van der Waals surface area contributed by atoms with E-state index in [1.165, 1.54) is 5.56 Å². The standard InChI is InChI=1S/C14H21N2O/c1-3-4-10-16-14(17)13-7-5-12(6-8-13)9-11-15-2/h5-8H,3-4,9-11H2,1-2H3,(H,16,17)/q-1. The molecule has 0 unspecified atom stereocenters. The Hall–Kier alpha value is -1.35. The van der Waals surface area contributed by atoms with Crippen molar-refractivity contribution in [3.8, 4) is 0 Å². The molecule has 0 aliphatic rings. The zero-order valence-electron chi connectivity index (χ0n) is 10.7. The van der Waals surface area contributed by atoms with Gasteiger partial charge in [0.25, 0.3) is 5.91 Å². The van der Waals surface area contributed by atoms with E-state index in [1.54, 1.807) is 0 Å². The normalized spacial score (nSPS) is 10.2. The van der Waals surface area contributed by atoms with Crippen LogP contribution in [0, 0.1) is 0 Å². The highest BCUT2D eigenvalue weighted by Gasteiger charge is 2.03. The lowest BCUT2D eigenvalue weighted by atomic mass is 10.1. The number of nitrogens with zero attached hydrogens (tertiary/aromatic N) is 1. The zero-order chi connectivity index (χ0) is 12.5. The van der Waals surface area contributed by atoms with E-state index in [2.05, 4.69) is 17.6 Å². The highest BCUT2D eigenvalue weighted by atomic mass is 16.1. The third kappa shape index (κ3) is 5.00. The number of unbranched alkanes of at least 4 members (excludes halogenated alkanes) is 1. The van der Waals surface area contributed by atoms with Crippen LogP contribution in [0.3, 0.4) is 0 Å².